The number of anilines is 1. The molecule has 2 saturated carbocycles. The smallest absolute Gasteiger partial charge is 0.354 e. The largest absolute Gasteiger partial charge is 0.477 e. The zero-order valence-corrected chi connectivity index (χ0v) is 11.1. The van der Waals surface area contributed by atoms with Crippen LogP contribution < -0.4 is 5.32 Å². The number of carbonyl (C=O) groups excluding carboxylic acids is 1. The first-order chi connectivity index (χ1) is 9.63. The fourth-order valence-corrected chi connectivity index (χ4v) is 2.15. The van der Waals surface area contributed by atoms with Gasteiger partial charge in [-0.3, -0.25) is 0 Å². The third kappa shape index (κ3) is 3.07. The zero-order valence-electron chi connectivity index (χ0n) is 11.1. The number of aromatic nitrogens is 1. The van der Waals surface area contributed by atoms with Crippen molar-refractivity contribution in [2.45, 2.75) is 31.7 Å². The van der Waals surface area contributed by atoms with Crippen LogP contribution in [0, 0.1) is 5.92 Å². The van der Waals surface area contributed by atoms with Crippen LogP contribution in [-0.2, 0) is 0 Å². The summed E-state index contributed by atoms with van der Waals surface area (Å²) in [5.41, 5.74) is 0.501. The highest BCUT2D eigenvalue weighted by molar-refractivity contribution is 5.90. The Hall–Kier alpha value is -2.11. The van der Waals surface area contributed by atoms with Crippen LogP contribution in [0.1, 0.15) is 36.2 Å². The molecule has 1 heterocycles. The fraction of sp³-hybridized carbons (Fsp3) is 0.500. The van der Waals surface area contributed by atoms with E-state index in [-0.39, 0.29) is 11.7 Å². The number of pyridine rings is 1. The van der Waals surface area contributed by atoms with E-state index in [1.807, 2.05) is 4.90 Å². The number of hydrogen-bond acceptors (Lipinski definition) is 3. The molecule has 2 aliphatic carbocycles. The maximum Gasteiger partial charge on any atom is 0.354 e. The van der Waals surface area contributed by atoms with E-state index in [9.17, 15) is 9.59 Å². The molecule has 0 spiro atoms. The van der Waals surface area contributed by atoms with Crippen LogP contribution >= 0.6 is 0 Å². The van der Waals surface area contributed by atoms with E-state index in [0.29, 0.717) is 17.6 Å². The van der Waals surface area contributed by atoms with Gasteiger partial charge in [-0.05, 0) is 43.7 Å². The third-order valence-corrected chi connectivity index (χ3v) is 3.63. The average Bonchev–Trinajstić information content (AvgIpc) is 3.29. The second-order valence-corrected chi connectivity index (χ2v) is 5.49. The van der Waals surface area contributed by atoms with Gasteiger partial charge in [0.15, 0.2) is 0 Å². The Morgan fingerprint density at radius 1 is 1.30 bits per heavy atom. The lowest BCUT2D eigenvalue weighted by atomic mass is 10.3. The number of urea groups is 1. The summed E-state index contributed by atoms with van der Waals surface area (Å²) in [5.74, 6) is -0.412. The Morgan fingerprint density at radius 3 is 2.55 bits per heavy atom. The van der Waals surface area contributed by atoms with E-state index < -0.39 is 5.97 Å². The number of hydrogen-bond donors (Lipinski definition) is 2. The molecule has 20 heavy (non-hydrogen) atoms. The van der Waals surface area contributed by atoms with Crippen molar-refractivity contribution in [2.75, 3.05) is 11.9 Å². The zero-order chi connectivity index (χ0) is 14.1. The van der Waals surface area contributed by atoms with Crippen LogP contribution in [0.5, 0.6) is 0 Å². The summed E-state index contributed by atoms with van der Waals surface area (Å²) in [6.07, 6.45) is 5.97. The van der Waals surface area contributed by atoms with E-state index in [1.54, 1.807) is 6.07 Å². The molecule has 0 unspecified atom stereocenters. The minimum Gasteiger partial charge on any atom is -0.477 e. The summed E-state index contributed by atoms with van der Waals surface area (Å²) >= 11 is 0. The molecule has 0 saturated heterocycles. The quantitative estimate of drug-likeness (QED) is 0.862. The van der Waals surface area contributed by atoms with Gasteiger partial charge in [-0.2, -0.15) is 0 Å². The summed E-state index contributed by atoms with van der Waals surface area (Å²) in [6, 6.07) is 3.22. The van der Waals surface area contributed by atoms with Crippen LogP contribution in [0.4, 0.5) is 10.5 Å². The molecular weight excluding hydrogens is 258 g/mol. The highest BCUT2D eigenvalue weighted by atomic mass is 16.4. The van der Waals surface area contributed by atoms with E-state index in [4.69, 9.17) is 5.11 Å². The van der Waals surface area contributed by atoms with Crippen LogP contribution in [0.25, 0.3) is 0 Å². The van der Waals surface area contributed by atoms with Crippen LogP contribution in [0.3, 0.4) is 0 Å². The van der Waals surface area contributed by atoms with Gasteiger partial charge in [0, 0.05) is 12.6 Å². The predicted octanol–water partition coefficient (Wildman–Crippen LogP) is 2.19. The van der Waals surface area contributed by atoms with E-state index in [1.165, 1.54) is 25.1 Å². The molecule has 1 aromatic heterocycles. The maximum absolute atomic E-state index is 12.2. The lowest BCUT2D eigenvalue weighted by Crippen LogP contribution is -2.38. The molecule has 0 bridgehead atoms. The predicted molar refractivity (Wildman–Crippen MR) is 72.7 cm³/mol. The minimum atomic E-state index is -1.07. The second kappa shape index (κ2) is 5.11. The fourth-order valence-electron chi connectivity index (χ4n) is 2.15. The number of nitrogens with one attached hydrogen (secondary N) is 1. The standard InChI is InChI=1S/C14H17N3O3/c18-13(19)12-6-3-10(7-15-12)16-14(20)17(11-4-5-11)8-9-1-2-9/h3,6-7,9,11H,1-2,4-5,8H2,(H,16,20)(H,18,19). The number of nitrogens with zero attached hydrogens (tertiary/aromatic N) is 2. The third-order valence-electron chi connectivity index (χ3n) is 3.63. The Kier molecular flexibility index (Phi) is 3.30. The van der Waals surface area contributed by atoms with Crippen molar-refractivity contribution < 1.29 is 14.7 Å². The number of rotatable bonds is 5. The first-order valence-corrected chi connectivity index (χ1v) is 6.90. The lowest BCUT2D eigenvalue weighted by molar-refractivity contribution is 0.0690. The molecule has 1 aromatic rings. The summed E-state index contributed by atoms with van der Waals surface area (Å²) < 4.78 is 0. The van der Waals surface area contributed by atoms with Crippen LogP contribution in [0.15, 0.2) is 18.3 Å². The summed E-state index contributed by atoms with van der Waals surface area (Å²) in [4.78, 5) is 28.7. The first kappa shape index (κ1) is 12.9. The van der Waals surface area contributed by atoms with Crippen molar-refractivity contribution in [1.29, 1.82) is 0 Å². The SMILES string of the molecule is O=C(O)c1ccc(NC(=O)N(CC2CC2)C2CC2)cn1. The Morgan fingerprint density at radius 2 is 2.05 bits per heavy atom. The Bertz CT molecular complexity index is 521. The van der Waals surface area contributed by atoms with Crippen molar-refractivity contribution >= 4 is 17.7 Å². The van der Waals surface area contributed by atoms with E-state index in [2.05, 4.69) is 10.3 Å². The first-order valence-electron chi connectivity index (χ1n) is 6.90. The Balaban J connectivity index is 1.62. The summed E-state index contributed by atoms with van der Waals surface area (Å²) in [7, 11) is 0. The molecule has 2 N–H and O–H groups in total. The Labute approximate surface area is 116 Å². The van der Waals surface area contributed by atoms with Gasteiger partial charge in [0.1, 0.15) is 5.69 Å². The van der Waals surface area contributed by atoms with E-state index in [0.717, 1.165) is 19.4 Å². The number of carbonyl (C=O) groups is 2. The van der Waals surface area contributed by atoms with Crippen molar-refractivity contribution in [3.05, 3.63) is 24.0 Å². The molecule has 0 radical (unpaired) electrons. The van der Waals surface area contributed by atoms with Crippen molar-refractivity contribution in [2.24, 2.45) is 5.92 Å². The van der Waals surface area contributed by atoms with Gasteiger partial charge in [-0.1, -0.05) is 0 Å². The lowest BCUT2D eigenvalue weighted by Gasteiger charge is -2.22. The van der Waals surface area contributed by atoms with Crippen molar-refractivity contribution in [3.8, 4) is 0 Å². The van der Waals surface area contributed by atoms with Gasteiger partial charge in [0.25, 0.3) is 0 Å². The van der Waals surface area contributed by atoms with Crippen molar-refractivity contribution in [1.82, 2.24) is 9.88 Å². The molecule has 0 aromatic carbocycles. The van der Waals surface area contributed by atoms with Crippen molar-refractivity contribution in [3.63, 3.8) is 0 Å². The molecule has 2 amide bonds. The van der Waals surface area contributed by atoms with Gasteiger partial charge in [-0.15, -0.1) is 0 Å². The number of aromatic carboxylic acids is 1. The van der Waals surface area contributed by atoms with Crippen LogP contribution in [0.2, 0.25) is 0 Å². The molecule has 0 aliphatic heterocycles. The molecule has 6 heteroatoms. The molecule has 2 fully saturated rings. The second-order valence-electron chi connectivity index (χ2n) is 5.49. The number of carboxylic acids is 1. The molecular formula is C14H17N3O3. The highest BCUT2D eigenvalue weighted by Crippen LogP contribution is 2.35. The van der Waals surface area contributed by atoms with E-state index >= 15 is 0 Å². The average molecular weight is 275 g/mol. The summed E-state index contributed by atoms with van der Waals surface area (Å²) in [5, 5.41) is 11.6. The molecule has 0 atom stereocenters. The highest BCUT2D eigenvalue weighted by Gasteiger charge is 2.36. The van der Waals surface area contributed by atoms with Gasteiger partial charge < -0.3 is 15.3 Å². The molecule has 106 valence electrons. The normalized spacial score (nSPS) is 17.6. The molecule has 6 nitrogen and oxygen atoms in total. The van der Waals surface area contributed by atoms with Gasteiger partial charge >= 0.3 is 12.0 Å². The molecule has 3 rings (SSSR count). The molecule has 2 aliphatic rings. The van der Waals surface area contributed by atoms with Gasteiger partial charge in [0.2, 0.25) is 0 Å². The number of amides is 2. The minimum absolute atomic E-state index is 0.0278. The monoisotopic (exact) mass is 275 g/mol. The van der Waals surface area contributed by atoms with Crippen LogP contribution in [-0.4, -0.2) is 39.6 Å². The maximum atomic E-state index is 12.2. The topological polar surface area (TPSA) is 82.5 Å². The number of carboxylic acid groups (broad SMARTS) is 1. The van der Waals surface area contributed by atoms with Gasteiger partial charge in [-0.25, -0.2) is 14.6 Å². The summed E-state index contributed by atoms with van der Waals surface area (Å²) in [6.45, 7) is 0.830. The van der Waals surface area contributed by atoms with Gasteiger partial charge in [0.05, 0.1) is 11.9 Å².